The SMILES string of the molecule is CCOC(=O)C(C)C(=O)c1ccccc1NC. The summed E-state index contributed by atoms with van der Waals surface area (Å²) in [5.41, 5.74) is 1.23. The minimum absolute atomic E-state index is 0.228. The van der Waals surface area contributed by atoms with E-state index >= 15 is 0 Å². The topological polar surface area (TPSA) is 55.4 Å². The zero-order valence-corrected chi connectivity index (χ0v) is 10.3. The second-order valence-corrected chi connectivity index (χ2v) is 3.63. The van der Waals surface area contributed by atoms with Gasteiger partial charge in [-0.3, -0.25) is 9.59 Å². The highest BCUT2D eigenvalue weighted by Crippen LogP contribution is 2.19. The van der Waals surface area contributed by atoms with Crippen molar-refractivity contribution in [3.05, 3.63) is 29.8 Å². The first-order valence-corrected chi connectivity index (χ1v) is 5.59. The van der Waals surface area contributed by atoms with Crippen LogP contribution in [0.15, 0.2) is 24.3 Å². The van der Waals surface area contributed by atoms with Gasteiger partial charge in [0.15, 0.2) is 5.78 Å². The van der Waals surface area contributed by atoms with E-state index in [-0.39, 0.29) is 12.4 Å². The van der Waals surface area contributed by atoms with Crippen LogP contribution in [0.5, 0.6) is 0 Å². The number of para-hydroxylation sites is 1. The van der Waals surface area contributed by atoms with Crippen LogP contribution in [-0.4, -0.2) is 25.4 Å². The molecule has 0 aliphatic rings. The molecule has 0 amide bonds. The van der Waals surface area contributed by atoms with E-state index in [1.54, 1.807) is 39.1 Å². The molecule has 0 aromatic heterocycles. The molecule has 0 spiro atoms. The fraction of sp³-hybridized carbons (Fsp3) is 0.385. The standard InChI is InChI=1S/C13H17NO3/c1-4-17-13(16)9(2)12(15)10-7-5-6-8-11(10)14-3/h5-9,14H,4H2,1-3H3. The Kier molecular flexibility index (Phi) is 4.69. The molecule has 0 fully saturated rings. The third kappa shape index (κ3) is 3.06. The Balaban J connectivity index is 2.92. The van der Waals surface area contributed by atoms with Crippen LogP contribution in [0.2, 0.25) is 0 Å². The number of nitrogens with one attached hydrogen (secondary N) is 1. The molecule has 0 aliphatic heterocycles. The van der Waals surface area contributed by atoms with Crippen molar-refractivity contribution in [2.45, 2.75) is 13.8 Å². The molecule has 0 aliphatic carbocycles. The van der Waals surface area contributed by atoms with Gasteiger partial charge in [-0.15, -0.1) is 0 Å². The van der Waals surface area contributed by atoms with Crippen LogP contribution < -0.4 is 5.32 Å². The summed E-state index contributed by atoms with van der Waals surface area (Å²) in [4.78, 5) is 23.6. The number of carbonyl (C=O) groups excluding carboxylic acids is 2. The summed E-state index contributed by atoms with van der Waals surface area (Å²) in [5.74, 6) is -1.48. The Bertz CT molecular complexity index is 415. The maximum absolute atomic E-state index is 12.1. The first-order valence-electron chi connectivity index (χ1n) is 5.59. The van der Waals surface area contributed by atoms with E-state index in [1.165, 1.54) is 0 Å². The van der Waals surface area contributed by atoms with Crippen molar-refractivity contribution in [2.24, 2.45) is 5.92 Å². The molecule has 0 radical (unpaired) electrons. The van der Waals surface area contributed by atoms with Crippen molar-refractivity contribution in [3.63, 3.8) is 0 Å². The number of hydrogen-bond donors (Lipinski definition) is 1. The Morgan fingerprint density at radius 3 is 2.59 bits per heavy atom. The molecule has 1 atom stereocenters. The van der Waals surface area contributed by atoms with Crippen LogP contribution in [0.1, 0.15) is 24.2 Å². The Morgan fingerprint density at radius 2 is 2.00 bits per heavy atom. The number of benzene rings is 1. The summed E-state index contributed by atoms with van der Waals surface area (Å²) < 4.78 is 4.84. The van der Waals surface area contributed by atoms with Gasteiger partial charge < -0.3 is 10.1 Å². The second kappa shape index (κ2) is 6.03. The van der Waals surface area contributed by atoms with Gasteiger partial charge in [-0.25, -0.2) is 0 Å². The van der Waals surface area contributed by atoms with Gasteiger partial charge in [0.25, 0.3) is 0 Å². The summed E-state index contributed by atoms with van der Waals surface area (Å²) in [7, 11) is 1.74. The second-order valence-electron chi connectivity index (χ2n) is 3.63. The summed E-state index contributed by atoms with van der Waals surface area (Å²) in [5, 5.41) is 2.93. The Morgan fingerprint density at radius 1 is 1.35 bits per heavy atom. The zero-order chi connectivity index (χ0) is 12.8. The number of esters is 1. The van der Waals surface area contributed by atoms with E-state index in [2.05, 4.69) is 5.32 Å². The van der Waals surface area contributed by atoms with Gasteiger partial charge in [-0.1, -0.05) is 12.1 Å². The van der Waals surface area contributed by atoms with Gasteiger partial charge in [0, 0.05) is 18.3 Å². The Hall–Kier alpha value is -1.84. The van der Waals surface area contributed by atoms with Gasteiger partial charge in [-0.05, 0) is 26.0 Å². The number of carbonyl (C=O) groups is 2. The van der Waals surface area contributed by atoms with Crippen LogP contribution in [0, 0.1) is 5.92 Å². The molecule has 4 nitrogen and oxygen atoms in total. The van der Waals surface area contributed by atoms with Crippen molar-refractivity contribution in [3.8, 4) is 0 Å². The molecule has 1 N–H and O–H groups in total. The molecule has 1 aromatic rings. The maximum atomic E-state index is 12.1. The summed E-state index contributed by atoms with van der Waals surface area (Å²) in [6.07, 6.45) is 0. The number of hydrogen-bond acceptors (Lipinski definition) is 4. The molecule has 17 heavy (non-hydrogen) atoms. The minimum Gasteiger partial charge on any atom is -0.465 e. The number of ketones is 1. The van der Waals surface area contributed by atoms with E-state index < -0.39 is 11.9 Å². The van der Waals surface area contributed by atoms with Crippen molar-refractivity contribution in [2.75, 3.05) is 19.0 Å². The number of rotatable bonds is 5. The smallest absolute Gasteiger partial charge is 0.316 e. The van der Waals surface area contributed by atoms with E-state index in [0.717, 1.165) is 0 Å². The molecule has 92 valence electrons. The van der Waals surface area contributed by atoms with E-state index in [0.29, 0.717) is 11.3 Å². The van der Waals surface area contributed by atoms with E-state index in [4.69, 9.17) is 4.74 Å². The number of anilines is 1. The number of ether oxygens (including phenoxy) is 1. The van der Waals surface area contributed by atoms with E-state index in [9.17, 15) is 9.59 Å². The predicted octanol–water partition coefficient (Wildman–Crippen LogP) is 2.11. The van der Waals surface area contributed by atoms with Crippen LogP contribution in [0.3, 0.4) is 0 Å². The van der Waals surface area contributed by atoms with Gasteiger partial charge in [0.1, 0.15) is 5.92 Å². The summed E-state index contributed by atoms with van der Waals surface area (Å²) >= 11 is 0. The lowest BCUT2D eigenvalue weighted by Crippen LogP contribution is -2.24. The monoisotopic (exact) mass is 235 g/mol. The molecule has 0 saturated heterocycles. The van der Waals surface area contributed by atoms with Crippen LogP contribution >= 0.6 is 0 Å². The average Bonchev–Trinajstić information content (AvgIpc) is 2.37. The molecular weight excluding hydrogens is 218 g/mol. The fourth-order valence-corrected chi connectivity index (χ4v) is 1.52. The van der Waals surface area contributed by atoms with Gasteiger partial charge in [-0.2, -0.15) is 0 Å². The van der Waals surface area contributed by atoms with Crippen LogP contribution in [0.4, 0.5) is 5.69 Å². The minimum atomic E-state index is -0.774. The van der Waals surface area contributed by atoms with Crippen LogP contribution in [-0.2, 0) is 9.53 Å². The lowest BCUT2D eigenvalue weighted by Gasteiger charge is -2.12. The first kappa shape index (κ1) is 13.2. The molecule has 0 saturated carbocycles. The third-order valence-electron chi connectivity index (χ3n) is 2.50. The number of Topliss-reactive ketones (excluding diaryl/α,β-unsaturated/α-hetero) is 1. The van der Waals surface area contributed by atoms with Crippen LogP contribution in [0.25, 0.3) is 0 Å². The molecule has 1 aromatic carbocycles. The molecule has 4 heteroatoms. The lowest BCUT2D eigenvalue weighted by molar-refractivity contribution is -0.145. The summed E-state index contributed by atoms with van der Waals surface area (Å²) in [6.45, 7) is 3.56. The fourth-order valence-electron chi connectivity index (χ4n) is 1.52. The quantitative estimate of drug-likeness (QED) is 0.482. The zero-order valence-electron chi connectivity index (χ0n) is 10.3. The highest BCUT2D eigenvalue weighted by Gasteiger charge is 2.25. The molecule has 0 bridgehead atoms. The summed E-state index contributed by atoms with van der Waals surface area (Å²) in [6, 6.07) is 7.10. The third-order valence-corrected chi connectivity index (χ3v) is 2.50. The van der Waals surface area contributed by atoms with Gasteiger partial charge >= 0.3 is 5.97 Å². The molecule has 1 unspecified atom stereocenters. The predicted molar refractivity (Wildman–Crippen MR) is 66.1 cm³/mol. The highest BCUT2D eigenvalue weighted by atomic mass is 16.5. The van der Waals surface area contributed by atoms with Crippen molar-refractivity contribution in [1.82, 2.24) is 0 Å². The largest absolute Gasteiger partial charge is 0.465 e. The van der Waals surface area contributed by atoms with Crippen molar-refractivity contribution < 1.29 is 14.3 Å². The van der Waals surface area contributed by atoms with E-state index in [1.807, 2.05) is 6.07 Å². The van der Waals surface area contributed by atoms with Crippen molar-refractivity contribution >= 4 is 17.4 Å². The van der Waals surface area contributed by atoms with Gasteiger partial charge in [0.2, 0.25) is 0 Å². The lowest BCUT2D eigenvalue weighted by atomic mass is 9.98. The van der Waals surface area contributed by atoms with Gasteiger partial charge in [0.05, 0.1) is 6.61 Å². The maximum Gasteiger partial charge on any atom is 0.316 e. The highest BCUT2D eigenvalue weighted by molar-refractivity contribution is 6.11. The van der Waals surface area contributed by atoms with Crippen molar-refractivity contribution in [1.29, 1.82) is 0 Å². The molecule has 0 heterocycles. The normalized spacial score (nSPS) is 11.7. The Labute approximate surface area is 101 Å². The average molecular weight is 235 g/mol. The molecular formula is C13H17NO3. The first-order chi connectivity index (χ1) is 8.11. The molecule has 1 rings (SSSR count).